The maximum Gasteiger partial charge on any atom is 0.422 e. The fraction of sp³-hybridized carbons (Fsp3) is 0.286. The van der Waals surface area contributed by atoms with Crippen LogP contribution in [0.5, 0.6) is 5.75 Å². The molecular formula is C28H25ClF3NO5. The third kappa shape index (κ3) is 5.08. The summed E-state index contributed by atoms with van der Waals surface area (Å²) < 4.78 is 48.9. The van der Waals surface area contributed by atoms with Crippen LogP contribution in [0.25, 0.3) is 11.1 Å². The second-order valence-corrected chi connectivity index (χ2v) is 9.64. The van der Waals surface area contributed by atoms with E-state index in [1.54, 1.807) is 30.3 Å². The highest BCUT2D eigenvalue weighted by Gasteiger charge is 2.59. The highest BCUT2D eigenvalue weighted by atomic mass is 35.5. The van der Waals surface area contributed by atoms with Crippen molar-refractivity contribution in [3.05, 3.63) is 82.4 Å². The molecule has 1 amide bonds. The average molecular weight is 548 g/mol. The number of halogens is 4. The summed E-state index contributed by atoms with van der Waals surface area (Å²) in [5, 5.41) is 20.1. The van der Waals surface area contributed by atoms with Gasteiger partial charge in [-0.2, -0.15) is 13.2 Å². The molecule has 0 saturated carbocycles. The summed E-state index contributed by atoms with van der Waals surface area (Å²) in [7, 11) is 1.43. The molecule has 4 rings (SSSR count). The fourth-order valence-corrected chi connectivity index (χ4v) is 4.91. The predicted molar refractivity (Wildman–Crippen MR) is 137 cm³/mol. The number of carbonyl (C=O) groups is 2. The zero-order valence-corrected chi connectivity index (χ0v) is 21.3. The molecule has 2 atom stereocenters. The van der Waals surface area contributed by atoms with Crippen molar-refractivity contribution in [2.45, 2.75) is 37.5 Å². The van der Waals surface area contributed by atoms with Gasteiger partial charge >= 0.3 is 12.1 Å². The molecule has 0 saturated heterocycles. The van der Waals surface area contributed by atoms with Crippen molar-refractivity contribution in [1.29, 1.82) is 0 Å². The Bertz CT molecular complexity index is 1380. The topological polar surface area (TPSA) is 87.1 Å². The molecule has 3 aromatic carbocycles. The number of carbonyl (C=O) groups excluding carboxylic acids is 1. The van der Waals surface area contributed by atoms with Gasteiger partial charge in [-0.05, 0) is 52.4 Å². The molecule has 1 heterocycles. The predicted octanol–water partition coefficient (Wildman–Crippen LogP) is 5.93. The van der Waals surface area contributed by atoms with E-state index in [-0.39, 0.29) is 35.1 Å². The van der Waals surface area contributed by atoms with E-state index >= 15 is 0 Å². The summed E-state index contributed by atoms with van der Waals surface area (Å²) in [5.74, 6) is -2.59. The molecule has 2 N–H and O–H groups in total. The van der Waals surface area contributed by atoms with E-state index in [4.69, 9.17) is 21.4 Å². The lowest BCUT2D eigenvalue weighted by molar-refractivity contribution is -0.274. The molecule has 0 aliphatic carbocycles. The molecule has 3 aromatic rings. The first-order valence-corrected chi connectivity index (χ1v) is 12.1. The third-order valence-electron chi connectivity index (χ3n) is 6.93. The first kappa shape index (κ1) is 27.5. The van der Waals surface area contributed by atoms with Crippen LogP contribution >= 0.6 is 11.6 Å². The number of hydrogen-bond donors (Lipinski definition) is 2. The largest absolute Gasteiger partial charge is 0.482 e. The number of carboxylic acids is 1. The Kier molecular flexibility index (Phi) is 7.45. The van der Waals surface area contributed by atoms with Crippen LogP contribution in [0, 0.1) is 0 Å². The smallest absolute Gasteiger partial charge is 0.422 e. The number of nitrogens with zero attached hydrogens (tertiary/aromatic N) is 1. The average Bonchev–Trinajstić information content (AvgIpc) is 2.88. The molecule has 200 valence electrons. The highest BCUT2D eigenvalue weighted by molar-refractivity contribution is 6.31. The van der Waals surface area contributed by atoms with Crippen molar-refractivity contribution in [2.24, 2.45) is 0 Å². The summed E-state index contributed by atoms with van der Waals surface area (Å²) in [5.41, 5.74) is -1.31. The molecule has 38 heavy (non-hydrogen) atoms. The molecular weight excluding hydrogens is 523 g/mol. The maximum absolute atomic E-state index is 14.5. The normalized spacial score (nSPS) is 15.9. The highest BCUT2D eigenvalue weighted by Crippen LogP contribution is 2.51. The minimum absolute atomic E-state index is 0.00369. The molecule has 1 aliphatic rings. The number of anilines is 1. The van der Waals surface area contributed by atoms with Crippen molar-refractivity contribution in [2.75, 3.05) is 18.6 Å². The first-order chi connectivity index (χ1) is 17.8. The molecule has 0 radical (unpaired) electrons. The minimum atomic E-state index is -5.08. The van der Waals surface area contributed by atoms with Crippen molar-refractivity contribution in [3.63, 3.8) is 0 Å². The second-order valence-electron chi connectivity index (χ2n) is 9.24. The number of carboxylic acid groups (broad SMARTS) is 1. The Morgan fingerprint density at radius 1 is 1.08 bits per heavy atom. The number of amides is 1. The van der Waals surface area contributed by atoms with Gasteiger partial charge in [-0.3, -0.25) is 9.59 Å². The second kappa shape index (κ2) is 10.3. The van der Waals surface area contributed by atoms with Crippen molar-refractivity contribution >= 4 is 29.2 Å². The van der Waals surface area contributed by atoms with Crippen LogP contribution in [0.2, 0.25) is 5.02 Å². The van der Waals surface area contributed by atoms with E-state index in [1.807, 2.05) is 0 Å². The Labute approximate surface area is 222 Å². The van der Waals surface area contributed by atoms with Crippen LogP contribution in [0.1, 0.15) is 36.0 Å². The van der Waals surface area contributed by atoms with Gasteiger partial charge in [0, 0.05) is 24.4 Å². The molecule has 6 nitrogen and oxygen atoms in total. The van der Waals surface area contributed by atoms with Gasteiger partial charge < -0.3 is 19.8 Å². The van der Waals surface area contributed by atoms with Gasteiger partial charge in [0.2, 0.25) is 0 Å². The van der Waals surface area contributed by atoms with Gasteiger partial charge in [-0.1, -0.05) is 61.0 Å². The Hall–Kier alpha value is -3.56. The summed E-state index contributed by atoms with van der Waals surface area (Å²) in [4.78, 5) is 24.0. The first-order valence-electron chi connectivity index (χ1n) is 11.8. The minimum Gasteiger partial charge on any atom is -0.482 e. The summed E-state index contributed by atoms with van der Waals surface area (Å²) in [6.45, 7) is 1.02. The van der Waals surface area contributed by atoms with Crippen LogP contribution in [0.3, 0.4) is 0 Å². The lowest BCUT2D eigenvalue weighted by Gasteiger charge is -2.38. The van der Waals surface area contributed by atoms with Crippen LogP contribution in [0.4, 0.5) is 18.9 Å². The van der Waals surface area contributed by atoms with E-state index in [9.17, 15) is 27.9 Å². The zero-order valence-electron chi connectivity index (χ0n) is 20.6. The van der Waals surface area contributed by atoms with Gasteiger partial charge in [-0.15, -0.1) is 0 Å². The van der Waals surface area contributed by atoms with E-state index in [0.717, 1.165) is 23.3 Å². The summed E-state index contributed by atoms with van der Waals surface area (Å²) in [6.07, 6.45) is -4.70. The number of benzene rings is 3. The molecule has 0 spiro atoms. The molecule has 0 aromatic heterocycles. The SMILES string of the molecule is C[C@@H](c1ccc(-c2ccc(CCC(=O)O)cc2)cc1Cl)[C@](O)(c1ccc2c(c1)N(C)C(=O)CO2)C(F)(F)F. The van der Waals surface area contributed by atoms with E-state index in [1.165, 1.54) is 37.1 Å². The number of rotatable bonds is 7. The Morgan fingerprint density at radius 2 is 1.74 bits per heavy atom. The number of likely N-dealkylation sites (N-methyl/N-ethyl adjacent to an activating group) is 1. The molecule has 1 aliphatic heterocycles. The van der Waals surface area contributed by atoms with E-state index < -0.39 is 35.1 Å². The number of fused-ring (bicyclic) bond motifs is 1. The summed E-state index contributed by atoms with van der Waals surface area (Å²) in [6, 6.07) is 15.3. The van der Waals surface area contributed by atoms with Crippen LogP contribution < -0.4 is 9.64 Å². The number of ether oxygens (including phenoxy) is 1. The number of aryl methyl sites for hydroxylation is 1. The van der Waals surface area contributed by atoms with Crippen molar-refractivity contribution in [1.82, 2.24) is 0 Å². The van der Waals surface area contributed by atoms with Gasteiger partial charge in [0.1, 0.15) is 5.75 Å². The van der Waals surface area contributed by atoms with Gasteiger partial charge in [0.15, 0.2) is 12.2 Å². The fourth-order valence-electron chi connectivity index (χ4n) is 4.57. The van der Waals surface area contributed by atoms with E-state index in [0.29, 0.717) is 12.0 Å². The van der Waals surface area contributed by atoms with Crippen LogP contribution in [-0.4, -0.2) is 41.9 Å². The molecule has 10 heteroatoms. The zero-order chi connectivity index (χ0) is 27.8. The molecule has 0 bridgehead atoms. The molecule has 0 fully saturated rings. The monoisotopic (exact) mass is 547 g/mol. The van der Waals surface area contributed by atoms with Gasteiger partial charge in [0.05, 0.1) is 5.69 Å². The van der Waals surface area contributed by atoms with Crippen LogP contribution in [-0.2, 0) is 21.6 Å². The number of aliphatic carboxylic acids is 1. The Balaban J connectivity index is 1.68. The van der Waals surface area contributed by atoms with Crippen LogP contribution in [0.15, 0.2) is 60.7 Å². The lowest BCUT2D eigenvalue weighted by atomic mass is 9.77. The van der Waals surface area contributed by atoms with Crippen molar-refractivity contribution < 1.29 is 37.7 Å². The van der Waals surface area contributed by atoms with Crippen molar-refractivity contribution in [3.8, 4) is 16.9 Å². The number of alkyl halides is 3. The van der Waals surface area contributed by atoms with E-state index in [2.05, 4.69) is 0 Å². The third-order valence-corrected chi connectivity index (χ3v) is 7.25. The number of aliphatic hydroxyl groups is 1. The maximum atomic E-state index is 14.5. The molecule has 0 unspecified atom stereocenters. The number of hydrogen-bond acceptors (Lipinski definition) is 4. The Morgan fingerprint density at radius 3 is 2.34 bits per heavy atom. The summed E-state index contributed by atoms with van der Waals surface area (Å²) >= 11 is 6.47. The standard InChI is InChI=1S/C28H25ClF3NO5/c1-16(21-10-8-19(13-22(21)29)18-6-3-17(4-7-18)5-12-26(35)36)27(37,28(30,31)32)20-9-11-24-23(14-20)33(2)25(34)15-38-24/h3-4,6-11,13-14,16,37H,5,12,15H2,1-2H3,(H,35,36)/t16-,27-/m0/s1. The van der Waals surface area contributed by atoms with Gasteiger partial charge in [-0.25, -0.2) is 0 Å². The van der Waals surface area contributed by atoms with Gasteiger partial charge in [0.25, 0.3) is 5.91 Å². The quantitative estimate of drug-likeness (QED) is 0.383. The lowest BCUT2D eigenvalue weighted by Crippen LogP contribution is -2.47.